The lowest BCUT2D eigenvalue weighted by molar-refractivity contribution is 0.218. The fraction of sp³-hybridized carbons (Fsp3) is 0.609. The molecule has 186 valence electrons. The molecule has 5 rings (SSSR count). The Bertz CT molecular complexity index is 1320. The molecule has 2 saturated heterocycles. The summed E-state index contributed by atoms with van der Waals surface area (Å²) in [6.07, 6.45) is 9.22. The van der Waals surface area contributed by atoms with Gasteiger partial charge >= 0.3 is 0 Å². The van der Waals surface area contributed by atoms with Gasteiger partial charge < -0.3 is 0 Å². The Balaban J connectivity index is 1.65. The molecule has 0 N–H and O–H groups in total. The summed E-state index contributed by atoms with van der Waals surface area (Å²) in [5, 5.41) is 0. The van der Waals surface area contributed by atoms with Crippen molar-refractivity contribution in [3.05, 3.63) is 29.6 Å². The van der Waals surface area contributed by atoms with Crippen molar-refractivity contribution in [1.29, 1.82) is 0 Å². The van der Waals surface area contributed by atoms with Crippen LogP contribution < -0.4 is 0 Å². The van der Waals surface area contributed by atoms with Crippen LogP contribution >= 0.6 is 0 Å². The van der Waals surface area contributed by atoms with E-state index >= 15 is 0 Å². The quantitative estimate of drug-likeness (QED) is 0.506. The Hall–Kier alpha value is -1.95. The van der Waals surface area contributed by atoms with Gasteiger partial charge in [-0.15, -0.1) is 0 Å². The molecule has 0 amide bonds. The van der Waals surface area contributed by atoms with Crippen LogP contribution in [0.3, 0.4) is 0 Å². The molecule has 0 unspecified atom stereocenters. The van der Waals surface area contributed by atoms with Crippen LogP contribution in [0.25, 0.3) is 22.1 Å². The van der Waals surface area contributed by atoms with E-state index in [1.807, 2.05) is 12.1 Å². The highest BCUT2D eigenvalue weighted by Gasteiger charge is 2.25. The van der Waals surface area contributed by atoms with E-state index in [0.717, 1.165) is 51.9 Å². The second-order valence-electron chi connectivity index (χ2n) is 9.80. The lowest BCUT2D eigenvalue weighted by atomic mass is 10.1. The number of pyridine rings is 1. The summed E-state index contributed by atoms with van der Waals surface area (Å²) >= 11 is 0. The molecule has 9 nitrogen and oxygen atoms in total. The Kier molecular flexibility index (Phi) is 6.24. The third kappa shape index (κ3) is 4.62. The molecular formula is C23H33N5O4S2. The highest BCUT2D eigenvalue weighted by atomic mass is 32.2. The van der Waals surface area contributed by atoms with Crippen molar-refractivity contribution >= 4 is 42.1 Å². The summed E-state index contributed by atoms with van der Waals surface area (Å²) in [6.45, 7) is 4.83. The lowest BCUT2D eigenvalue weighted by Gasteiger charge is -2.26. The summed E-state index contributed by atoms with van der Waals surface area (Å²) in [5.74, 6) is 0. The first-order chi connectivity index (χ1) is 16.1. The minimum absolute atomic E-state index is 0.425. The fourth-order valence-electron chi connectivity index (χ4n) is 5.50. The molecule has 5 heterocycles. The average Bonchev–Trinajstić information content (AvgIpc) is 3.29. The van der Waals surface area contributed by atoms with Gasteiger partial charge in [0, 0.05) is 13.1 Å². The topological polar surface area (TPSA) is 97.5 Å². The van der Waals surface area contributed by atoms with Gasteiger partial charge in [0.15, 0.2) is 0 Å². The summed E-state index contributed by atoms with van der Waals surface area (Å²) in [5.41, 5.74) is 3.32. The average molecular weight is 508 g/mol. The lowest BCUT2D eigenvalue weighted by Crippen LogP contribution is -2.30. The predicted octanol–water partition coefficient (Wildman–Crippen LogP) is 2.58. The molecule has 2 aliphatic rings. The second kappa shape index (κ2) is 8.92. The molecule has 0 bridgehead atoms. The van der Waals surface area contributed by atoms with Gasteiger partial charge in [-0.25, -0.2) is 29.8 Å². The molecule has 3 aromatic heterocycles. The van der Waals surface area contributed by atoms with E-state index in [1.54, 1.807) is 6.07 Å². The molecule has 0 aliphatic carbocycles. The molecule has 0 atom stereocenters. The normalized spacial score (nSPS) is 19.4. The monoisotopic (exact) mass is 507 g/mol. The van der Waals surface area contributed by atoms with E-state index in [2.05, 4.69) is 9.80 Å². The van der Waals surface area contributed by atoms with E-state index < -0.39 is 20.0 Å². The first kappa shape index (κ1) is 23.8. The highest BCUT2D eigenvalue weighted by Crippen LogP contribution is 2.30. The van der Waals surface area contributed by atoms with Crippen molar-refractivity contribution in [2.24, 2.45) is 0 Å². The molecule has 0 radical (unpaired) electrons. The van der Waals surface area contributed by atoms with E-state index in [1.165, 1.54) is 33.3 Å². The van der Waals surface area contributed by atoms with Crippen molar-refractivity contribution in [2.75, 3.05) is 38.7 Å². The largest absolute Gasteiger partial charge is 0.298 e. The van der Waals surface area contributed by atoms with E-state index in [-0.39, 0.29) is 0 Å². The number of nitrogens with zero attached hydrogens (tertiary/aromatic N) is 5. The summed E-state index contributed by atoms with van der Waals surface area (Å²) in [6, 6.07) is 5.36. The fourth-order valence-corrected chi connectivity index (χ4v) is 7.58. The van der Waals surface area contributed by atoms with E-state index in [0.29, 0.717) is 46.5 Å². The summed E-state index contributed by atoms with van der Waals surface area (Å²) < 4.78 is 54.0. The van der Waals surface area contributed by atoms with Crippen LogP contribution in [0.15, 0.2) is 18.2 Å². The van der Waals surface area contributed by atoms with Crippen LogP contribution in [0.2, 0.25) is 0 Å². The standard InChI is InChI=1S/C23H33N5O4S2/c1-33(29,30)27-18(16-25-9-5-3-6-10-25)13-20-22(27)15-23-21(24-20)14-19(28(23)34(2,31)32)17-26-11-7-4-8-12-26/h13-15H,3-12,16-17H2,1-2H3. The maximum atomic E-state index is 12.8. The van der Waals surface area contributed by atoms with Crippen molar-refractivity contribution < 1.29 is 16.8 Å². The molecule has 11 heteroatoms. The smallest absolute Gasteiger partial charge is 0.236 e. The van der Waals surface area contributed by atoms with Crippen LogP contribution in [-0.4, -0.2) is 78.3 Å². The SMILES string of the molecule is CS(=O)(=O)n1c(CN2CCCCC2)cc2nc3cc(CN4CCCCC4)n(S(C)(=O)=O)c3cc21. The zero-order valence-electron chi connectivity index (χ0n) is 19.9. The van der Waals surface area contributed by atoms with Crippen LogP contribution in [0.5, 0.6) is 0 Å². The molecule has 3 aromatic rings. The summed E-state index contributed by atoms with van der Waals surface area (Å²) in [7, 11) is -7.23. The Morgan fingerprint density at radius 3 is 1.38 bits per heavy atom. The van der Waals surface area contributed by atoms with Gasteiger partial charge in [0.05, 0.1) is 46.0 Å². The van der Waals surface area contributed by atoms with Crippen molar-refractivity contribution in [3.8, 4) is 0 Å². The zero-order chi connectivity index (χ0) is 24.1. The van der Waals surface area contributed by atoms with Crippen molar-refractivity contribution in [2.45, 2.75) is 51.6 Å². The minimum Gasteiger partial charge on any atom is -0.298 e. The van der Waals surface area contributed by atoms with Crippen molar-refractivity contribution in [1.82, 2.24) is 22.7 Å². The van der Waals surface area contributed by atoms with Crippen LogP contribution in [-0.2, 0) is 33.1 Å². The first-order valence-corrected chi connectivity index (χ1v) is 15.7. The number of rotatable bonds is 6. The van der Waals surface area contributed by atoms with Gasteiger partial charge in [0.25, 0.3) is 0 Å². The Labute approximate surface area is 201 Å². The van der Waals surface area contributed by atoms with Crippen LogP contribution in [0, 0.1) is 0 Å². The molecule has 34 heavy (non-hydrogen) atoms. The van der Waals surface area contributed by atoms with E-state index in [4.69, 9.17) is 4.98 Å². The molecule has 0 aromatic carbocycles. The van der Waals surface area contributed by atoms with E-state index in [9.17, 15) is 16.8 Å². The Morgan fingerprint density at radius 1 is 0.647 bits per heavy atom. The number of aromatic nitrogens is 3. The van der Waals surface area contributed by atoms with Crippen LogP contribution in [0.1, 0.15) is 49.9 Å². The zero-order valence-corrected chi connectivity index (χ0v) is 21.5. The second-order valence-corrected chi connectivity index (χ2v) is 13.5. The van der Waals surface area contributed by atoms with Gasteiger partial charge in [-0.2, -0.15) is 0 Å². The third-order valence-corrected chi connectivity index (χ3v) is 9.13. The predicted molar refractivity (Wildman–Crippen MR) is 134 cm³/mol. The number of hydrogen-bond acceptors (Lipinski definition) is 7. The van der Waals surface area contributed by atoms with Crippen LogP contribution in [0.4, 0.5) is 0 Å². The Morgan fingerprint density at radius 2 is 1.03 bits per heavy atom. The van der Waals surface area contributed by atoms with Gasteiger partial charge in [-0.05, 0) is 70.1 Å². The molecule has 0 saturated carbocycles. The van der Waals surface area contributed by atoms with Gasteiger partial charge in [-0.1, -0.05) is 12.8 Å². The molecule has 2 fully saturated rings. The first-order valence-electron chi connectivity index (χ1n) is 12.0. The number of hydrogen-bond donors (Lipinski definition) is 0. The molecule has 2 aliphatic heterocycles. The highest BCUT2D eigenvalue weighted by molar-refractivity contribution is 7.89. The number of fused-ring (bicyclic) bond motifs is 2. The maximum absolute atomic E-state index is 12.8. The summed E-state index contributed by atoms with van der Waals surface area (Å²) in [4.78, 5) is 9.29. The van der Waals surface area contributed by atoms with Gasteiger partial charge in [-0.3, -0.25) is 9.80 Å². The number of piperidine rings is 2. The minimum atomic E-state index is -3.62. The van der Waals surface area contributed by atoms with Crippen molar-refractivity contribution in [3.63, 3.8) is 0 Å². The van der Waals surface area contributed by atoms with Gasteiger partial charge in [0.2, 0.25) is 20.0 Å². The number of likely N-dealkylation sites (tertiary alicyclic amines) is 2. The molecular weight excluding hydrogens is 474 g/mol. The third-order valence-electron chi connectivity index (χ3n) is 6.94. The van der Waals surface area contributed by atoms with Gasteiger partial charge in [0.1, 0.15) is 0 Å². The molecule has 0 spiro atoms. The maximum Gasteiger partial charge on any atom is 0.236 e.